The number of nitrogens with zero attached hydrogens (tertiary/aromatic N) is 5. The van der Waals surface area contributed by atoms with Crippen LogP contribution in [0.25, 0.3) is 0 Å². The number of hydrogen-bond acceptors (Lipinski definition) is 3. The van der Waals surface area contributed by atoms with Gasteiger partial charge in [-0.3, -0.25) is 0 Å². The molecule has 0 bridgehead atoms. The van der Waals surface area contributed by atoms with E-state index >= 15 is 0 Å². The molecule has 0 fully saturated rings. The molecule has 1 unspecified atom stereocenters. The largest absolute Gasteiger partial charge is 0.378 e. The smallest absolute Gasteiger partial charge is 0.370 e. The Labute approximate surface area is 114 Å². The van der Waals surface area contributed by atoms with Gasteiger partial charge in [-0.2, -0.15) is 4.68 Å². The molecule has 1 heterocycles. The fourth-order valence-corrected chi connectivity index (χ4v) is 2.01. The first-order valence-electron chi connectivity index (χ1n) is 6.48. The third kappa shape index (κ3) is 2.92. The van der Waals surface area contributed by atoms with Gasteiger partial charge in [0.2, 0.25) is 0 Å². The van der Waals surface area contributed by atoms with Crippen LogP contribution in [0, 0.1) is 6.92 Å². The summed E-state index contributed by atoms with van der Waals surface area (Å²) in [6.07, 6.45) is 7.31. The van der Waals surface area contributed by atoms with Crippen LogP contribution in [0.3, 0.4) is 0 Å². The molecule has 2 rings (SSSR count). The number of rotatable bonds is 3. The van der Waals surface area contributed by atoms with Crippen LogP contribution < -0.4 is 4.68 Å². The van der Waals surface area contributed by atoms with E-state index in [1.54, 1.807) is 0 Å². The first-order chi connectivity index (χ1) is 8.99. The maximum Gasteiger partial charge on any atom is 0.370 e. The fourth-order valence-electron chi connectivity index (χ4n) is 2.01. The van der Waals surface area contributed by atoms with E-state index < -0.39 is 0 Å². The molecule has 1 aromatic heterocycles. The summed E-state index contributed by atoms with van der Waals surface area (Å²) in [5.41, 5.74) is 2.40. The average molecular weight is 260 g/mol. The second-order valence-corrected chi connectivity index (χ2v) is 5.09. The van der Waals surface area contributed by atoms with Crippen molar-refractivity contribution in [1.29, 1.82) is 0 Å². The topological polar surface area (TPSA) is 36.8 Å². The van der Waals surface area contributed by atoms with E-state index in [1.165, 1.54) is 11.4 Å². The van der Waals surface area contributed by atoms with Gasteiger partial charge in [0.1, 0.15) is 13.1 Å². The minimum absolute atomic E-state index is 0.143. The van der Waals surface area contributed by atoms with Crippen LogP contribution in [0.2, 0.25) is 0 Å². The molecule has 0 saturated heterocycles. The first-order valence-corrected chi connectivity index (χ1v) is 6.48. The molecule has 1 atom stereocenters. The molecule has 5 nitrogen and oxygen atoms in total. The van der Waals surface area contributed by atoms with E-state index in [-0.39, 0.29) is 6.04 Å². The summed E-state index contributed by atoms with van der Waals surface area (Å²) in [4.78, 5) is 2.10. The van der Waals surface area contributed by atoms with Crippen molar-refractivity contribution >= 4 is 5.82 Å². The van der Waals surface area contributed by atoms with Crippen molar-refractivity contribution in [1.82, 2.24) is 9.58 Å². The van der Waals surface area contributed by atoms with Gasteiger partial charge in [0.25, 0.3) is 0 Å². The van der Waals surface area contributed by atoms with Crippen molar-refractivity contribution in [3.05, 3.63) is 35.7 Å². The number of aryl methyl sites for hydroxylation is 1. The number of allylic oxidation sites excluding steroid dienone is 1. The highest BCUT2D eigenvalue weighted by Crippen LogP contribution is 2.17. The molecule has 1 aliphatic rings. The molecule has 1 aliphatic carbocycles. The van der Waals surface area contributed by atoms with Crippen LogP contribution in [-0.4, -0.2) is 29.7 Å². The minimum atomic E-state index is 0.143. The highest BCUT2D eigenvalue weighted by molar-refractivity contribution is 5.25. The molecule has 102 valence electrons. The Hall–Kier alpha value is -1.91. The Morgan fingerprint density at radius 1 is 1.42 bits per heavy atom. The van der Waals surface area contributed by atoms with Crippen LogP contribution in [0.1, 0.15) is 12.1 Å². The molecule has 0 spiro atoms. The summed E-state index contributed by atoms with van der Waals surface area (Å²) < 4.78 is 4.04. The number of likely N-dealkylation sites (N-methyl/N-ethyl adjacent to an activating group) is 1. The first kappa shape index (κ1) is 13.5. The van der Waals surface area contributed by atoms with Crippen molar-refractivity contribution in [2.24, 2.45) is 24.3 Å². The van der Waals surface area contributed by atoms with Gasteiger partial charge in [0.05, 0.1) is 16.9 Å². The van der Waals surface area contributed by atoms with Crippen molar-refractivity contribution in [2.75, 3.05) is 14.1 Å². The predicted molar refractivity (Wildman–Crippen MR) is 75.2 cm³/mol. The van der Waals surface area contributed by atoms with Crippen LogP contribution >= 0.6 is 0 Å². The van der Waals surface area contributed by atoms with Crippen LogP contribution in [0.4, 0.5) is 5.82 Å². The predicted octanol–water partition coefficient (Wildman–Crippen LogP) is 2.02. The molecule has 1 aromatic rings. The SMILES string of the molecule is Cc1cc(N=NC2C=CC(N(C)C)=CC2)[n+](C)n1C. The zero-order valence-electron chi connectivity index (χ0n) is 12.3. The highest BCUT2D eigenvalue weighted by Gasteiger charge is 2.15. The maximum absolute atomic E-state index is 4.40. The Morgan fingerprint density at radius 3 is 2.63 bits per heavy atom. The molecule has 0 amide bonds. The van der Waals surface area contributed by atoms with Gasteiger partial charge in [-0.05, 0) is 19.4 Å². The third-order valence-corrected chi connectivity index (χ3v) is 3.51. The lowest BCUT2D eigenvalue weighted by Gasteiger charge is -2.17. The summed E-state index contributed by atoms with van der Waals surface area (Å²) in [7, 11) is 8.10. The number of azo groups is 1. The lowest BCUT2D eigenvalue weighted by Crippen LogP contribution is -2.37. The van der Waals surface area contributed by atoms with E-state index in [0.29, 0.717) is 0 Å². The summed E-state index contributed by atoms with van der Waals surface area (Å²) >= 11 is 0. The Kier molecular flexibility index (Phi) is 3.83. The Balaban J connectivity index is 2.05. The van der Waals surface area contributed by atoms with Gasteiger partial charge in [0.15, 0.2) is 0 Å². The molecule has 0 aliphatic heterocycles. The lowest BCUT2D eigenvalue weighted by atomic mass is 10.1. The molecule has 0 radical (unpaired) electrons. The fraction of sp³-hybridized carbons (Fsp3) is 0.500. The Morgan fingerprint density at radius 2 is 2.16 bits per heavy atom. The van der Waals surface area contributed by atoms with Crippen molar-refractivity contribution in [3.63, 3.8) is 0 Å². The average Bonchev–Trinajstić information content (AvgIpc) is 2.64. The molecular weight excluding hydrogens is 238 g/mol. The number of aromatic nitrogens is 2. The lowest BCUT2D eigenvalue weighted by molar-refractivity contribution is -0.740. The third-order valence-electron chi connectivity index (χ3n) is 3.51. The second-order valence-electron chi connectivity index (χ2n) is 5.09. The summed E-state index contributed by atoms with van der Waals surface area (Å²) in [5, 5.41) is 8.76. The van der Waals surface area contributed by atoms with Gasteiger partial charge in [-0.25, -0.2) is 4.68 Å². The van der Waals surface area contributed by atoms with E-state index in [1.807, 2.05) is 38.9 Å². The van der Waals surface area contributed by atoms with Crippen LogP contribution in [0.15, 0.2) is 40.2 Å². The summed E-state index contributed by atoms with van der Waals surface area (Å²) in [6.45, 7) is 2.06. The quantitative estimate of drug-likeness (QED) is 0.605. The van der Waals surface area contributed by atoms with Crippen molar-refractivity contribution in [2.45, 2.75) is 19.4 Å². The summed E-state index contributed by atoms with van der Waals surface area (Å²) in [5.74, 6) is 0.885. The zero-order chi connectivity index (χ0) is 14.0. The van der Waals surface area contributed by atoms with E-state index in [2.05, 4.69) is 45.0 Å². The normalized spacial score (nSPS) is 19.0. The van der Waals surface area contributed by atoms with Crippen molar-refractivity contribution in [3.8, 4) is 0 Å². The standard InChI is InChI=1S/C14H22N5/c1-11-10-14(19(5)18(11)4)16-15-12-6-8-13(9-7-12)17(2)3/h6,8-10,12H,7H2,1-5H3/q+1. The van der Waals surface area contributed by atoms with E-state index in [0.717, 1.165) is 12.2 Å². The van der Waals surface area contributed by atoms with Crippen LogP contribution in [-0.2, 0) is 14.1 Å². The van der Waals surface area contributed by atoms with Gasteiger partial charge < -0.3 is 4.90 Å². The second kappa shape index (κ2) is 5.38. The Bertz CT molecular complexity index is 548. The van der Waals surface area contributed by atoms with Crippen LogP contribution in [0.5, 0.6) is 0 Å². The highest BCUT2D eigenvalue weighted by atomic mass is 15.4. The zero-order valence-corrected chi connectivity index (χ0v) is 12.3. The molecule has 0 N–H and O–H groups in total. The van der Waals surface area contributed by atoms with Gasteiger partial charge in [-0.1, -0.05) is 17.3 Å². The summed E-state index contributed by atoms with van der Waals surface area (Å²) in [6, 6.07) is 2.18. The molecule has 5 heteroatoms. The van der Waals surface area contributed by atoms with Gasteiger partial charge >= 0.3 is 5.82 Å². The minimum Gasteiger partial charge on any atom is -0.378 e. The van der Waals surface area contributed by atoms with Gasteiger partial charge in [-0.15, -0.1) is 0 Å². The molecular formula is C14H22N5+. The van der Waals surface area contributed by atoms with E-state index in [9.17, 15) is 0 Å². The molecule has 0 aromatic carbocycles. The molecule has 0 saturated carbocycles. The molecule has 19 heavy (non-hydrogen) atoms. The maximum atomic E-state index is 4.40. The number of hydrogen-bond donors (Lipinski definition) is 0. The van der Waals surface area contributed by atoms with Gasteiger partial charge in [0, 0.05) is 26.8 Å². The monoisotopic (exact) mass is 260 g/mol. The van der Waals surface area contributed by atoms with E-state index in [4.69, 9.17) is 0 Å². The van der Waals surface area contributed by atoms with Crippen molar-refractivity contribution < 1.29 is 4.68 Å².